The fourth-order valence-electron chi connectivity index (χ4n) is 5.51. The van der Waals surface area contributed by atoms with Crippen LogP contribution in [-0.4, -0.2) is 29.0 Å². The third-order valence-electron chi connectivity index (χ3n) is 6.01. The van der Waals surface area contributed by atoms with Crippen LogP contribution in [0, 0.1) is 39.2 Å². The molecular weight excluding hydrogens is 308 g/mol. The summed E-state index contributed by atoms with van der Waals surface area (Å²) < 4.78 is 33.7. The average Bonchev–Trinajstić information content (AvgIpc) is 2.83. The second-order valence-electron chi connectivity index (χ2n) is 8.43. The van der Waals surface area contributed by atoms with Gasteiger partial charge in [0.05, 0.1) is 11.8 Å². The Kier molecular flexibility index (Phi) is 3.51. The van der Waals surface area contributed by atoms with Gasteiger partial charge in [-0.3, -0.25) is 14.9 Å². The topological polar surface area (TPSA) is 69.4 Å². The molecule has 130 valence electrons. The molecule has 0 aromatic rings. The number of halogens is 2. The minimum atomic E-state index is -2.75. The van der Waals surface area contributed by atoms with Crippen LogP contribution in [0.4, 0.5) is 8.78 Å². The van der Waals surface area contributed by atoms with Gasteiger partial charge in [-0.05, 0) is 51.4 Å². The van der Waals surface area contributed by atoms with E-state index in [0.29, 0.717) is 12.8 Å². The summed E-state index contributed by atoms with van der Waals surface area (Å²) in [4.78, 5) is 23.0. The fourth-order valence-corrected chi connectivity index (χ4v) is 5.51. The van der Waals surface area contributed by atoms with Crippen LogP contribution in [0.5, 0.6) is 0 Å². The lowest BCUT2D eigenvalue weighted by atomic mass is 9.47. The maximum absolute atomic E-state index is 14.2. The number of carbonyl (C=O) groups excluding carboxylic acids is 1. The minimum absolute atomic E-state index is 0.125. The molecule has 0 saturated heterocycles. The Hall–Kier alpha value is -1.27. The van der Waals surface area contributed by atoms with E-state index in [9.17, 15) is 23.7 Å². The van der Waals surface area contributed by atoms with Crippen molar-refractivity contribution in [1.29, 1.82) is 0 Å². The van der Waals surface area contributed by atoms with Gasteiger partial charge >= 0.3 is 5.97 Å². The third-order valence-corrected chi connectivity index (χ3v) is 6.01. The van der Waals surface area contributed by atoms with Crippen molar-refractivity contribution in [1.82, 2.24) is 0 Å². The van der Waals surface area contributed by atoms with Gasteiger partial charge in [0.15, 0.2) is 0 Å². The van der Waals surface area contributed by atoms with Crippen molar-refractivity contribution in [3.8, 4) is 0 Å². The Morgan fingerprint density at radius 1 is 1.26 bits per heavy atom. The maximum Gasteiger partial charge on any atom is 0.307 e. The molecule has 0 heterocycles. The molecule has 3 aliphatic rings. The summed E-state index contributed by atoms with van der Waals surface area (Å²) in [5.74, 6) is -4.67. The number of rotatable bonds is 4. The Balaban J connectivity index is 1.85. The highest BCUT2D eigenvalue weighted by molar-refractivity contribution is 5.71. The zero-order valence-corrected chi connectivity index (χ0v) is 13.7. The molecule has 0 bridgehead atoms. The van der Waals surface area contributed by atoms with Crippen molar-refractivity contribution >= 4 is 5.97 Å². The molecule has 0 unspecified atom stereocenters. The standard InChI is InChI=1S/C16H23F2NO4/c1-14(2,3)23-12(20)7-15(8-19(21)22)9-4-5-10-13(9)11(15)6-16(10,17)18/h9-11,13H,4-8H2,1-3H3/t9-,10+,11+,13-,15+/m0/s1. The van der Waals surface area contributed by atoms with Gasteiger partial charge in [0, 0.05) is 17.3 Å². The van der Waals surface area contributed by atoms with Gasteiger partial charge in [-0.15, -0.1) is 0 Å². The quantitative estimate of drug-likeness (QED) is 0.450. The molecule has 0 aromatic carbocycles. The highest BCUT2D eigenvalue weighted by Crippen LogP contribution is 2.75. The summed E-state index contributed by atoms with van der Waals surface area (Å²) in [5.41, 5.74) is -1.64. The van der Waals surface area contributed by atoms with Crippen LogP contribution in [0.3, 0.4) is 0 Å². The minimum Gasteiger partial charge on any atom is -0.460 e. The Bertz CT molecular complexity index is 545. The zero-order chi connectivity index (χ0) is 17.2. The molecule has 3 saturated carbocycles. The molecule has 0 radical (unpaired) electrons. The van der Waals surface area contributed by atoms with E-state index in [1.807, 2.05) is 0 Å². The van der Waals surface area contributed by atoms with Crippen LogP contribution in [0.25, 0.3) is 0 Å². The number of carbonyl (C=O) groups is 1. The highest BCUT2D eigenvalue weighted by atomic mass is 19.3. The van der Waals surface area contributed by atoms with E-state index in [4.69, 9.17) is 4.74 Å². The molecule has 7 heteroatoms. The van der Waals surface area contributed by atoms with E-state index in [-0.39, 0.29) is 24.7 Å². The molecule has 0 spiro atoms. The predicted octanol–water partition coefficient (Wildman–Crippen LogP) is 3.29. The third kappa shape index (κ3) is 2.52. The van der Waals surface area contributed by atoms with Crippen molar-refractivity contribution in [2.24, 2.45) is 29.1 Å². The van der Waals surface area contributed by atoms with Gasteiger partial charge in [-0.1, -0.05) is 0 Å². The van der Waals surface area contributed by atoms with Crippen LogP contribution in [0.1, 0.15) is 46.5 Å². The van der Waals surface area contributed by atoms with E-state index in [1.54, 1.807) is 20.8 Å². The smallest absolute Gasteiger partial charge is 0.307 e. The Morgan fingerprint density at radius 2 is 1.87 bits per heavy atom. The first-order valence-electron chi connectivity index (χ1n) is 8.18. The van der Waals surface area contributed by atoms with Gasteiger partial charge < -0.3 is 4.74 Å². The number of nitro groups is 1. The molecule has 3 aliphatic carbocycles. The molecule has 0 amide bonds. The lowest BCUT2D eigenvalue weighted by molar-refractivity contribution is -0.511. The predicted molar refractivity (Wildman–Crippen MR) is 77.5 cm³/mol. The van der Waals surface area contributed by atoms with Crippen LogP contribution in [-0.2, 0) is 9.53 Å². The van der Waals surface area contributed by atoms with Crippen LogP contribution >= 0.6 is 0 Å². The van der Waals surface area contributed by atoms with Crippen molar-refractivity contribution in [2.75, 3.05) is 6.54 Å². The molecule has 3 rings (SSSR count). The van der Waals surface area contributed by atoms with Crippen molar-refractivity contribution in [2.45, 2.75) is 58.0 Å². The molecule has 23 heavy (non-hydrogen) atoms. The van der Waals surface area contributed by atoms with E-state index in [1.165, 1.54) is 0 Å². The zero-order valence-electron chi connectivity index (χ0n) is 13.7. The number of nitrogens with zero attached hydrogens (tertiary/aromatic N) is 1. The number of ether oxygens (including phenoxy) is 1. The second kappa shape index (κ2) is 4.86. The van der Waals surface area contributed by atoms with E-state index < -0.39 is 46.2 Å². The molecule has 5 atom stereocenters. The summed E-state index contributed by atoms with van der Waals surface area (Å²) in [5, 5.41) is 11.2. The van der Waals surface area contributed by atoms with Crippen LogP contribution in [0.2, 0.25) is 0 Å². The lowest BCUT2D eigenvalue weighted by Crippen LogP contribution is -2.58. The summed E-state index contributed by atoms with van der Waals surface area (Å²) >= 11 is 0. The molecule has 0 N–H and O–H groups in total. The normalized spacial score (nSPS) is 40.4. The van der Waals surface area contributed by atoms with Gasteiger partial charge in [-0.25, -0.2) is 8.78 Å². The van der Waals surface area contributed by atoms with Crippen molar-refractivity contribution < 1.29 is 23.2 Å². The first-order chi connectivity index (χ1) is 10.5. The Labute approximate surface area is 133 Å². The van der Waals surface area contributed by atoms with E-state index in [2.05, 4.69) is 0 Å². The number of esters is 1. The first-order valence-corrected chi connectivity index (χ1v) is 8.18. The van der Waals surface area contributed by atoms with Gasteiger partial charge in [0.1, 0.15) is 5.60 Å². The summed E-state index contributed by atoms with van der Waals surface area (Å²) in [6.45, 7) is 4.76. The van der Waals surface area contributed by atoms with E-state index in [0.717, 1.165) is 0 Å². The highest BCUT2D eigenvalue weighted by Gasteiger charge is 2.76. The van der Waals surface area contributed by atoms with Crippen LogP contribution < -0.4 is 0 Å². The summed E-state index contributed by atoms with van der Waals surface area (Å²) in [6.07, 6.45) is 0.514. The molecule has 3 fully saturated rings. The van der Waals surface area contributed by atoms with Gasteiger partial charge in [-0.2, -0.15) is 0 Å². The first kappa shape index (κ1) is 16.6. The van der Waals surface area contributed by atoms with Crippen molar-refractivity contribution in [3.05, 3.63) is 10.1 Å². The van der Waals surface area contributed by atoms with Crippen LogP contribution in [0.15, 0.2) is 0 Å². The molecule has 5 nitrogen and oxygen atoms in total. The number of alkyl halides is 2. The summed E-state index contributed by atoms with van der Waals surface area (Å²) in [7, 11) is 0. The van der Waals surface area contributed by atoms with E-state index >= 15 is 0 Å². The molecule has 0 aliphatic heterocycles. The van der Waals surface area contributed by atoms with Crippen molar-refractivity contribution in [3.63, 3.8) is 0 Å². The summed E-state index contributed by atoms with van der Waals surface area (Å²) in [6, 6.07) is 0. The average molecular weight is 331 g/mol. The lowest BCUT2D eigenvalue weighted by Gasteiger charge is -2.55. The van der Waals surface area contributed by atoms with Gasteiger partial charge in [0.25, 0.3) is 5.92 Å². The second-order valence-corrected chi connectivity index (χ2v) is 8.43. The largest absolute Gasteiger partial charge is 0.460 e. The number of hydrogen-bond acceptors (Lipinski definition) is 4. The number of hydrogen-bond donors (Lipinski definition) is 0. The maximum atomic E-state index is 14.2. The Morgan fingerprint density at radius 3 is 2.43 bits per heavy atom. The molecule has 0 aromatic heterocycles. The fraction of sp³-hybridized carbons (Fsp3) is 0.938. The SMILES string of the molecule is CC(C)(C)OC(=O)C[C@]1(C[N+](=O)[O-])[C@@H]2CC(F)(F)[C@@H]3CC[C@H]1[C@@H]32. The monoisotopic (exact) mass is 331 g/mol. The molecular formula is C16H23F2NO4. The van der Waals surface area contributed by atoms with Gasteiger partial charge in [0.2, 0.25) is 6.54 Å².